The molecule has 2 aromatic heterocycles. The van der Waals surface area contributed by atoms with E-state index in [2.05, 4.69) is 4.98 Å². The van der Waals surface area contributed by atoms with Crippen molar-refractivity contribution in [3.05, 3.63) is 88.3 Å². The summed E-state index contributed by atoms with van der Waals surface area (Å²) in [6.45, 7) is 2.78. The van der Waals surface area contributed by atoms with E-state index in [1.54, 1.807) is 48.5 Å². The van der Waals surface area contributed by atoms with Crippen LogP contribution in [0.5, 0.6) is 0 Å². The second-order valence-corrected chi connectivity index (χ2v) is 10.7. The van der Waals surface area contributed by atoms with Crippen LogP contribution in [0.4, 0.5) is 10.4 Å². The van der Waals surface area contributed by atoms with Crippen LogP contribution in [0, 0.1) is 12.7 Å². The van der Waals surface area contributed by atoms with Crippen LogP contribution in [0.25, 0.3) is 22.0 Å². The molecule has 0 radical (unpaired) electrons. The molecule has 0 N–H and O–H groups in total. The topological polar surface area (TPSA) is 68.3 Å². The molecule has 172 valence electrons. The maximum absolute atomic E-state index is 14.3. The van der Waals surface area contributed by atoms with Gasteiger partial charge in [0.15, 0.2) is 5.58 Å². The molecule has 0 atom stereocenters. The standard InChI is InChI=1S/C25H19ClFN3O3S/c1-15-2-6-18(7-3-15)34(31,32)30-22-10-11-29(14-20(22)19-8-5-17(27)13-23(19)30)25-28-21-9-4-16(26)12-24(21)33-25/h2-9,12-13H,10-11,14H2,1H3. The summed E-state index contributed by atoms with van der Waals surface area (Å²) < 4.78 is 48.9. The molecule has 0 bridgehead atoms. The Kier molecular flexibility index (Phi) is 4.72. The molecule has 1 aliphatic heterocycles. The van der Waals surface area contributed by atoms with Gasteiger partial charge < -0.3 is 9.32 Å². The molecule has 6 nitrogen and oxygen atoms in total. The van der Waals surface area contributed by atoms with Crippen LogP contribution in [0.1, 0.15) is 16.8 Å². The van der Waals surface area contributed by atoms with Crippen molar-refractivity contribution in [3.8, 4) is 0 Å². The highest BCUT2D eigenvalue weighted by Gasteiger charge is 2.31. The third-order valence-corrected chi connectivity index (χ3v) is 8.23. The first kappa shape index (κ1) is 21.2. The summed E-state index contributed by atoms with van der Waals surface area (Å²) in [4.78, 5) is 6.70. The zero-order chi connectivity index (χ0) is 23.6. The maximum atomic E-state index is 14.3. The molecule has 0 amide bonds. The molecule has 0 saturated heterocycles. The fourth-order valence-electron chi connectivity index (χ4n) is 4.57. The van der Waals surface area contributed by atoms with Gasteiger partial charge in [-0.2, -0.15) is 4.98 Å². The van der Waals surface area contributed by atoms with Crippen molar-refractivity contribution in [1.29, 1.82) is 0 Å². The Morgan fingerprint density at radius 2 is 1.85 bits per heavy atom. The molecule has 6 rings (SSSR count). The monoisotopic (exact) mass is 495 g/mol. The lowest BCUT2D eigenvalue weighted by atomic mass is 10.0. The average molecular weight is 496 g/mol. The minimum atomic E-state index is -3.93. The lowest BCUT2D eigenvalue weighted by molar-refractivity contribution is 0.551. The number of aryl methyl sites for hydroxylation is 1. The Morgan fingerprint density at radius 1 is 1.06 bits per heavy atom. The molecule has 0 fully saturated rings. The van der Waals surface area contributed by atoms with E-state index in [4.69, 9.17) is 16.0 Å². The number of benzene rings is 3. The first-order valence-corrected chi connectivity index (χ1v) is 12.6. The molecule has 9 heteroatoms. The molecule has 0 spiro atoms. The number of fused-ring (bicyclic) bond motifs is 4. The highest BCUT2D eigenvalue weighted by molar-refractivity contribution is 7.90. The first-order chi connectivity index (χ1) is 16.3. The van der Waals surface area contributed by atoms with Crippen LogP contribution in [-0.2, 0) is 23.0 Å². The normalized spacial score (nSPS) is 14.1. The van der Waals surface area contributed by atoms with E-state index in [1.165, 1.54) is 16.1 Å². The van der Waals surface area contributed by atoms with E-state index in [0.717, 1.165) is 11.1 Å². The molecule has 0 saturated carbocycles. The number of nitrogens with zero attached hydrogens (tertiary/aromatic N) is 3. The van der Waals surface area contributed by atoms with Gasteiger partial charge in [0.05, 0.1) is 10.4 Å². The van der Waals surface area contributed by atoms with Crippen LogP contribution in [0.15, 0.2) is 70.0 Å². The van der Waals surface area contributed by atoms with E-state index < -0.39 is 15.8 Å². The molecule has 0 aliphatic carbocycles. The van der Waals surface area contributed by atoms with Gasteiger partial charge in [-0.15, -0.1) is 0 Å². The molecule has 3 aromatic carbocycles. The summed E-state index contributed by atoms with van der Waals surface area (Å²) >= 11 is 6.07. The predicted molar refractivity (Wildman–Crippen MR) is 129 cm³/mol. The Hall–Kier alpha value is -3.36. The molecule has 1 aliphatic rings. The van der Waals surface area contributed by atoms with Gasteiger partial charge in [0.2, 0.25) is 0 Å². The number of halogens is 2. The second-order valence-electron chi connectivity index (χ2n) is 8.45. The zero-order valence-corrected chi connectivity index (χ0v) is 19.7. The predicted octanol–water partition coefficient (Wildman–Crippen LogP) is 5.68. The van der Waals surface area contributed by atoms with Gasteiger partial charge in [-0.25, -0.2) is 16.8 Å². The Balaban J connectivity index is 1.50. The van der Waals surface area contributed by atoms with E-state index in [-0.39, 0.29) is 4.90 Å². The minimum Gasteiger partial charge on any atom is -0.423 e. The molecule has 5 aromatic rings. The number of hydrogen-bond donors (Lipinski definition) is 0. The number of anilines is 1. The fourth-order valence-corrected chi connectivity index (χ4v) is 6.32. The van der Waals surface area contributed by atoms with Crippen molar-refractivity contribution >= 4 is 49.6 Å². The van der Waals surface area contributed by atoms with Crippen molar-refractivity contribution < 1.29 is 17.2 Å². The Labute approximate surface area is 200 Å². The highest BCUT2D eigenvalue weighted by Crippen LogP contribution is 2.36. The van der Waals surface area contributed by atoms with Crippen molar-refractivity contribution in [2.75, 3.05) is 11.4 Å². The van der Waals surface area contributed by atoms with Crippen LogP contribution >= 0.6 is 11.6 Å². The summed E-state index contributed by atoms with van der Waals surface area (Å²) in [5, 5.41) is 1.25. The van der Waals surface area contributed by atoms with Crippen LogP contribution < -0.4 is 4.90 Å². The Bertz CT molecular complexity index is 1690. The second kappa shape index (κ2) is 7.58. The summed E-state index contributed by atoms with van der Waals surface area (Å²) in [6, 6.07) is 16.7. The van der Waals surface area contributed by atoms with Crippen LogP contribution in [-0.4, -0.2) is 23.9 Å². The lowest BCUT2D eigenvalue weighted by Crippen LogP contribution is -2.32. The SMILES string of the molecule is Cc1ccc(S(=O)(=O)n2c3c(c4ccc(F)cc42)CN(c2nc4ccc(Cl)cc4o2)CC3)cc1. The van der Waals surface area contributed by atoms with Gasteiger partial charge in [-0.3, -0.25) is 0 Å². The fraction of sp³-hybridized carbons (Fsp3) is 0.160. The number of oxazole rings is 1. The van der Waals surface area contributed by atoms with Crippen LogP contribution in [0.3, 0.4) is 0 Å². The number of hydrogen-bond acceptors (Lipinski definition) is 5. The number of aromatic nitrogens is 2. The lowest BCUT2D eigenvalue weighted by Gasteiger charge is -2.26. The molecular weight excluding hydrogens is 477 g/mol. The van der Waals surface area contributed by atoms with E-state index >= 15 is 0 Å². The van der Waals surface area contributed by atoms with E-state index in [9.17, 15) is 12.8 Å². The highest BCUT2D eigenvalue weighted by atomic mass is 35.5. The third-order valence-electron chi connectivity index (χ3n) is 6.23. The van der Waals surface area contributed by atoms with Crippen molar-refractivity contribution in [2.24, 2.45) is 0 Å². The van der Waals surface area contributed by atoms with Gasteiger partial charge >= 0.3 is 0 Å². The van der Waals surface area contributed by atoms with E-state index in [1.807, 2.05) is 11.8 Å². The molecule has 0 unspecified atom stereocenters. The van der Waals surface area contributed by atoms with Crippen molar-refractivity contribution in [3.63, 3.8) is 0 Å². The van der Waals surface area contributed by atoms with Gasteiger partial charge in [0.25, 0.3) is 16.0 Å². The average Bonchev–Trinajstić information content (AvgIpc) is 3.37. The molecule has 3 heterocycles. The van der Waals surface area contributed by atoms with E-state index in [0.29, 0.717) is 58.2 Å². The van der Waals surface area contributed by atoms with Crippen LogP contribution in [0.2, 0.25) is 5.02 Å². The van der Waals surface area contributed by atoms with Gasteiger partial charge in [0, 0.05) is 47.2 Å². The molecular formula is C25H19ClFN3O3S. The van der Waals surface area contributed by atoms with Gasteiger partial charge in [-0.05, 0) is 49.4 Å². The summed E-state index contributed by atoms with van der Waals surface area (Å²) in [5.41, 5.74) is 4.03. The largest absolute Gasteiger partial charge is 0.423 e. The Morgan fingerprint density at radius 3 is 2.65 bits per heavy atom. The van der Waals surface area contributed by atoms with Crippen molar-refractivity contribution in [2.45, 2.75) is 24.8 Å². The van der Waals surface area contributed by atoms with Crippen molar-refractivity contribution in [1.82, 2.24) is 8.96 Å². The summed E-state index contributed by atoms with van der Waals surface area (Å²) in [5.74, 6) is -0.490. The first-order valence-electron chi connectivity index (χ1n) is 10.8. The number of rotatable bonds is 3. The maximum Gasteiger partial charge on any atom is 0.298 e. The minimum absolute atomic E-state index is 0.167. The quantitative estimate of drug-likeness (QED) is 0.322. The summed E-state index contributed by atoms with van der Waals surface area (Å²) in [6.07, 6.45) is 0.427. The van der Waals surface area contributed by atoms with Gasteiger partial charge in [0.1, 0.15) is 11.3 Å². The zero-order valence-electron chi connectivity index (χ0n) is 18.1. The smallest absolute Gasteiger partial charge is 0.298 e. The third kappa shape index (κ3) is 3.28. The molecule has 34 heavy (non-hydrogen) atoms. The van der Waals surface area contributed by atoms with Gasteiger partial charge in [-0.1, -0.05) is 29.3 Å². The summed E-state index contributed by atoms with van der Waals surface area (Å²) in [7, 11) is -3.93.